The smallest absolute Gasteiger partial charge is 0.170 e. The predicted octanol–water partition coefficient (Wildman–Crippen LogP) is 1.70. The Balaban J connectivity index is 2.23. The van der Waals surface area contributed by atoms with Crippen LogP contribution in [0.4, 0.5) is 0 Å². The Morgan fingerprint density at radius 2 is 2.21 bits per heavy atom. The van der Waals surface area contributed by atoms with Crippen molar-refractivity contribution in [2.75, 3.05) is 0 Å². The van der Waals surface area contributed by atoms with Gasteiger partial charge < -0.3 is 10.3 Å². The molecule has 1 aliphatic rings. The van der Waals surface area contributed by atoms with Crippen LogP contribution in [0.3, 0.4) is 0 Å². The van der Waals surface area contributed by atoms with E-state index in [0.29, 0.717) is 6.54 Å². The van der Waals surface area contributed by atoms with Gasteiger partial charge in [0.15, 0.2) is 5.76 Å². The Labute approximate surface area is 81.5 Å². The van der Waals surface area contributed by atoms with Crippen LogP contribution in [-0.4, -0.2) is 5.16 Å². The average Bonchev–Trinajstić information content (AvgIpc) is 2.75. The summed E-state index contributed by atoms with van der Waals surface area (Å²) in [7, 11) is 0. The summed E-state index contributed by atoms with van der Waals surface area (Å²) < 4.78 is 5.29. The molecule has 0 amide bonds. The molecule has 0 atom stereocenters. The molecule has 0 radical (unpaired) electrons. The van der Waals surface area contributed by atoms with Crippen LogP contribution < -0.4 is 5.73 Å². The third-order valence-corrected chi connectivity index (χ3v) is 2.69. The average molecular weight is 186 g/mol. The van der Waals surface area contributed by atoms with Crippen LogP contribution in [0.5, 0.6) is 0 Å². The SMILES string of the molecule is NCc1noc2c1Cc1ccccc1-2. The van der Waals surface area contributed by atoms with E-state index in [-0.39, 0.29) is 0 Å². The van der Waals surface area contributed by atoms with Gasteiger partial charge in [0.25, 0.3) is 0 Å². The summed E-state index contributed by atoms with van der Waals surface area (Å²) in [4.78, 5) is 0. The molecule has 1 heterocycles. The summed E-state index contributed by atoms with van der Waals surface area (Å²) in [5.41, 5.74) is 10.1. The Bertz CT molecular complexity index is 488. The molecular weight excluding hydrogens is 176 g/mol. The van der Waals surface area contributed by atoms with E-state index >= 15 is 0 Å². The number of aromatic nitrogens is 1. The Morgan fingerprint density at radius 1 is 1.36 bits per heavy atom. The summed E-state index contributed by atoms with van der Waals surface area (Å²) in [5, 5.41) is 3.96. The molecule has 70 valence electrons. The number of rotatable bonds is 1. The topological polar surface area (TPSA) is 52.0 Å². The lowest BCUT2D eigenvalue weighted by Gasteiger charge is -1.95. The Morgan fingerprint density at radius 3 is 3.07 bits per heavy atom. The highest BCUT2D eigenvalue weighted by Gasteiger charge is 2.25. The first-order chi connectivity index (χ1) is 6.90. The maximum Gasteiger partial charge on any atom is 0.170 e. The van der Waals surface area contributed by atoms with Crippen molar-refractivity contribution in [3.63, 3.8) is 0 Å². The normalized spacial score (nSPS) is 12.6. The highest BCUT2D eigenvalue weighted by atomic mass is 16.5. The Hall–Kier alpha value is -1.61. The van der Waals surface area contributed by atoms with Gasteiger partial charge in [-0.3, -0.25) is 0 Å². The molecule has 3 rings (SSSR count). The van der Waals surface area contributed by atoms with Gasteiger partial charge in [-0.05, 0) is 5.56 Å². The second kappa shape index (κ2) is 2.69. The lowest BCUT2D eigenvalue weighted by molar-refractivity contribution is 0.424. The van der Waals surface area contributed by atoms with Gasteiger partial charge in [-0.2, -0.15) is 0 Å². The van der Waals surface area contributed by atoms with Crippen LogP contribution in [0.2, 0.25) is 0 Å². The minimum atomic E-state index is 0.451. The number of benzene rings is 1. The fraction of sp³-hybridized carbons (Fsp3) is 0.182. The van der Waals surface area contributed by atoms with E-state index in [1.807, 2.05) is 12.1 Å². The van der Waals surface area contributed by atoms with Crippen molar-refractivity contribution < 1.29 is 4.52 Å². The van der Waals surface area contributed by atoms with Crippen molar-refractivity contribution >= 4 is 0 Å². The van der Waals surface area contributed by atoms with E-state index in [0.717, 1.165) is 29.0 Å². The first-order valence-corrected chi connectivity index (χ1v) is 4.66. The first kappa shape index (κ1) is 7.76. The van der Waals surface area contributed by atoms with E-state index in [4.69, 9.17) is 10.3 Å². The molecule has 0 saturated heterocycles. The molecule has 3 heteroatoms. The summed E-state index contributed by atoms with van der Waals surface area (Å²) in [6, 6.07) is 8.23. The number of nitrogens with zero attached hydrogens (tertiary/aromatic N) is 1. The van der Waals surface area contributed by atoms with Crippen LogP contribution in [-0.2, 0) is 13.0 Å². The minimum absolute atomic E-state index is 0.451. The predicted molar refractivity (Wildman–Crippen MR) is 52.6 cm³/mol. The molecule has 2 N–H and O–H groups in total. The fourth-order valence-electron chi connectivity index (χ4n) is 1.98. The van der Waals surface area contributed by atoms with Crippen molar-refractivity contribution in [2.45, 2.75) is 13.0 Å². The first-order valence-electron chi connectivity index (χ1n) is 4.66. The van der Waals surface area contributed by atoms with Crippen LogP contribution in [0.25, 0.3) is 11.3 Å². The second-order valence-corrected chi connectivity index (χ2v) is 3.47. The molecule has 3 nitrogen and oxygen atoms in total. The van der Waals surface area contributed by atoms with Gasteiger partial charge in [0.1, 0.15) is 5.69 Å². The van der Waals surface area contributed by atoms with Gasteiger partial charge in [-0.15, -0.1) is 0 Å². The number of hydrogen-bond donors (Lipinski definition) is 1. The van der Waals surface area contributed by atoms with Crippen LogP contribution in [0, 0.1) is 0 Å². The molecule has 0 saturated carbocycles. The van der Waals surface area contributed by atoms with Gasteiger partial charge >= 0.3 is 0 Å². The van der Waals surface area contributed by atoms with Crippen molar-refractivity contribution in [1.82, 2.24) is 5.16 Å². The largest absolute Gasteiger partial charge is 0.356 e. The van der Waals surface area contributed by atoms with E-state index in [1.165, 1.54) is 5.56 Å². The molecule has 1 aliphatic carbocycles. The van der Waals surface area contributed by atoms with Crippen molar-refractivity contribution in [1.29, 1.82) is 0 Å². The van der Waals surface area contributed by atoms with Crippen LogP contribution in [0.15, 0.2) is 28.8 Å². The zero-order chi connectivity index (χ0) is 9.54. The quantitative estimate of drug-likeness (QED) is 0.629. The Kier molecular flexibility index (Phi) is 1.49. The molecular formula is C11H10N2O. The maximum absolute atomic E-state index is 5.58. The molecule has 1 aromatic heterocycles. The van der Waals surface area contributed by atoms with Gasteiger partial charge in [-0.25, -0.2) is 0 Å². The van der Waals surface area contributed by atoms with Crippen molar-refractivity contribution in [3.8, 4) is 11.3 Å². The maximum atomic E-state index is 5.58. The second-order valence-electron chi connectivity index (χ2n) is 3.47. The van der Waals surface area contributed by atoms with Gasteiger partial charge in [0.05, 0.1) is 0 Å². The van der Waals surface area contributed by atoms with Gasteiger partial charge in [0, 0.05) is 24.1 Å². The van der Waals surface area contributed by atoms with E-state index in [1.54, 1.807) is 0 Å². The zero-order valence-corrected chi connectivity index (χ0v) is 7.66. The molecule has 14 heavy (non-hydrogen) atoms. The summed E-state index contributed by atoms with van der Waals surface area (Å²) in [6.45, 7) is 0.451. The van der Waals surface area contributed by atoms with Gasteiger partial charge in [0.2, 0.25) is 0 Å². The van der Waals surface area contributed by atoms with E-state index < -0.39 is 0 Å². The van der Waals surface area contributed by atoms with Crippen molar-refractivity contribution in [3.05, 3.63) is 41.1 Å². The molecule has 1 aromatic carbocycles. The van der Waals surface area contributed by atoms with Gasteiger partial charge in [-0.1, -0.05) is 29.4 Å². The van der Waals surface area contributed by atoms with Crippen LogP contribution >= 0.6 is 0 Å². The third-order valence-electron chi connectivity index (χ3n) is 2.69. The molecule has 0 bridgehead atoms. The lowest BCUT2D eigenvalue weighted by atomic mass is 10.1. The molecule has 2 aromatic rings. The molecule has 0 unspecified atom stereocenters. The fourth-order valence-corrected chi connectivity index (χ4v) is 1.98. The lowest BCUT2D eigenvalue weighted by Crippen LogP contribution is -1.99. The monoisotopic (exact) mass is 186 g/mol. The van der Waals surface area contributed by atoms with Crippen molar-refractivity contribution in [2.24, 2.45) is 5.73 Å². The molecule has 0 fully saturated rings. The third kappa shape index (κ3) is 0.873. The number of nitrogens with two attached hydrogens (primary N) is 1. The number of hydrogen-bond acceptors (Lipinski definition) is 3. The van der Waals surface area contributed by atoms with E-state index in [2.05, 4.69) is 17.3 Å². The highest BCUT2D eigenvalue weighted by molar-refractivity contribution is 5.72. The zero-order valence-electron chi connectivity index (χ0n) is 7.66. The van der Waals surface area contributed by atoms with Crippen LogP contribution in [0.1, 0.15) is 16.8 Å². The summed E-state index contributed by atoms with van der Waals surface area (Å²) in [6.07, 6.45) is 0.904. The molecule has 0 aliphatic heterocycles. The standard InChI is InChI=1S/C11H10N2O/c12-6-10-9-5-7-3-1-2-4-8(7)11(9)14-13-10/h1-4H,5-6,12H2. The molecule has 0 spiro atoms. The highest BCUT2D eigenvalue weighted by Crippen LogP contribution is 2.37. The number of fused-ring (bicyclic) bond motifs is 3. The van der Waals surface area contributed by atoms with E-state index in [9.17, 15) is 0 Å². The minimum Gasteiger partial charge on any atom is -0.356 e. The summed E-state index contributed by atoms with van der Waals surface area (Å²) in [5.74, 6) is 0.904. The summed E-state index contributed by atoms with van der Waals surface area (Å²) >= 11 is 0.